The highest BCUT2D eigenvalue weighted by atomic mass is 32.2. The molecule has 0 aliphatic heterocycles. The number of para-hydroxylation sites is 1. The molecule has 1 saturated carbocycles. The monoisotopic (exact) mass is 293 g/mol. The Kier molecular flexibility index (Phi) is 2.92. The number of nitrogens with zero attached hydrogens (tertiary/aromatic N) is 1. The Hall–Kier alpha value is -1.40. The zero-order valence-electron chi connectivity index (χ0n) is 11.7. The van der Waals surface area contributed by atoms with Crippen molar-refractivity contribution in [2.45, 2.75) is 42.5 Å². The van der Waals surface area contributed by atoms with E-state index in [4.69, 9.17) is 5.73 Å². The van der Waals surface area contributed by atoms with Gasteiger partial charge in [-0.05, 0) is 25.0 Å². The third kappa shape index (κ3) is 1.94. The first-order valence-electron chi connectivity index (χ1n) is 6.77. The number of benzene rings is 1. The molecule has 5 nitrogen and oxygen atoms in total. The van der Waals surface area contributed by atoms with Gasteiger partial charge in [-0.1, -0.05) is 19.4 Å². The lowest BCUT2D eigenvalue weighted by Gasteiger charge is -2.26. The summed E-state index contributed by atoms with van der Waals surface area (Å²) in [4.78, 5) is 8.10. The van der Waals surface area contributed by atoms with Crippen molar-refractivity contribution in [3.63, 3.8) is 0 Å². The topological polar surface area (TPSA) is 88.8 Å². The Labute approximate surface area is 118 Å². The predicted molar refractivity (Wildman–Crippen MR) is 78.4 cm³/mol. The predicted octanol–water partition coefficient (Wildman–Crippen LogP) is 1.74. The first-order chi connectivity index (χ1) is 9.32. The summed E-state index contributed by atoms with van der Waals surface area (Å²) in [5.41, 5.74) is 7.28. The van der Waals surface area contributed by atoms with Gasteiger partial charge in [-0.3, -0.25) is 0 Å². The number of nitrogens with two attached hydrogens (primary N) is 1. The number of imidazole rings is 1. The fourth-order valence-electron chi connectivity index (χ4n) is 3.06. The molecule has 2 unspecified atom stereocenters. The van der Waals surface area contributed by atoms with Crippen LogP contribution in [0.1, 0.15) is 32.0 Å². The van der Waals surface area contributed by atoms with E-state index in [9.17, 15) is 8.42 Å². The standard InChI is InChI=1S/C14H19N3O2S/c1-14(8-4-7-11(14)15)13-16-9-5-3-6-10(12(9)17-13)20(2,18)19/h3,5-6,11H,4,7-8,15H2,1-2H3,(H,16,17). The molecule has 1 heterocycles. The van der Waals surface area contributed by atoms with Gasteiger partial charge in [0.1, 0.15) is 11.3 Å². The van der Waals surface area contributed by atoms with Gasteiger partial charge >= 0.3 is 0 Å². The van der Waals surface area contributed by atoms with Crippen LogP contribution >= 0.6 is 0 Å². The van der Waals surface area contributed by atoms with Crippen molar-refractivity contribution >= 4 is 20.9 Å². The SMILES string of the molecule is CC1(c2nc3c(S(C)(=O)=O)cccc3[nH]2)CCCC1N. The number of aromatic nitrogens is 2. The molecule has 0 amide bonds. The fourth-order valence-corrected chi connectivity index (χ4v) is 3.90. The van der Waals surface area contributed by atoms with Gasteiger partial charge in [-0.25, -0.2) is 13.4 Å². The third-order valence-electron chi connectivity index (χ3n) is 4.45. The van der Waals surface area contributed by atoms with Crippen LogP contribution in [0.25, 0.3) is 11.0 Å². The van der Waals surface area contributed by atoms with Crippen LogP contribution in [0, 0.1) is 0 Å². The van der Waals surface area contributed by atoms with Crippen LogP contribution in [-0.2, 0) is 15.3 Å². The van der Waals surface area contributed by atoms with Crippen molar-refractivity contribution in [3.05, 3.63) is 24.0 Å². The molecular weight excluding hydrogens is 274 g/mol. The number of aromatic amines is 1. The maximum absolute atomic E-state index is 11.8. The molecule has 1 aromatic carbocycles. The van der Waals surface area contributed by atoms with Crippen molar-refractivity contribution in [3.8, 4) is 0 Å². The lowest BCUT2D eigenvalue weighted by molar-refractivity contribution is 0.409. The minimum Gasteiger partial charge on any atom is -0.341 e. The molecule has 3 rings (SSSR count). The van der Waals surface area contributed by atoms with Crippen LogP contribution in [-0.4, -0.2) is 30.7 Å². The van der Waals surface area contributed by atoms with Gasteiger partial charge in [0, 0.05) is 17.7 Å². The molecule has 20 heavy (non-hydrogen) atoms. The fraction of sp³-hybridized carbons (Fsp3) is 0.500. The third-order valence-corrected chi connectivity index (χ3v) is 5.57. The van der Waals surface area contributed by atoms with Gasteiger partial charge in [0.05, 0.1) is 10.4 Å². The molecule has 1 aromatic heterocycles. The summed E-state index contributed by atoms with van der Waals surface area (Å²) >= 11 is 0. The highest BCUT2D eigenvalue weighted by Gasteiger charge is 2.40. The smallest absolute Gasteiger partial charge is 0.177 e. The molecule has 0 bridgehead atoms. The average Bonchev–Trinajstić information content (AvgIpc) is 2.93. The van der Waals surface area contributed by atoms with Gasteiger partial charge in [-0.2, -0.15) is 0 Å². The van der Waals surface area contributed by atoms with Crippen molar-refractivity contribution in [1.29, 1.82) is 0 Å². The molecule has 0 radical (unpaired) electrons. The molecule has 1 fully saturated rings. The van der Waals surface area contributed by atoms with Gasteiger partial charge in [0.2, 0.25) is 0 Å². The number of H-pyrrole nitrogens is 1. The molecule has 0 saturated heterocycles. The Balaban J connectivity index is 2.22. The van der Waals surface area contributed by atoms with Crippen molar-refractivity contribution in [2.75, 3.05) is 6.26 Å². The van der Waals surface area contributed by atoms with Crippen LogP contribution in [0.3, 0.4) is 0 Å². The summed E-state index contributed by atoms with van der Waals surface area (Å²) in [7, 11) is -3.29. The Morgan fingerprint density at radius 3 is 2.80 bits per heavy atom. The molecule has 1 aliphatic rings. The van der Waals surface area contributed by atoms with E-state index in [1.807, 2.05) is 6.07 Å². The Morgan fingerprint density at radius 1 is 1.45 bits per heavy atom. The van der Waals surface area contributed by atoms with E-state index < -0.39 is 9.84 Å². The van der Waals surface area contributed by atoms with E-state index in [-0.39, 0.29) is 16.4 Å². The minimum absolute atomic E-state index is 0.0599. The van der Waals surface area contributed by atoms with Crippen LogP contribution < -0.4 is 5.73 Å². The Morgan fingerprint density at radius 2 is 2.20 bits per heavy atom. The van der Waals surface area contributed by atoms with Crippen LogP contribution in [0.5, 0.6) is 0 Å². The normalized spacial score (nSPS) is 27.2. The Bertz CT molecular complexity index is 766. The lowest BCUT2D eigenvalue weighted by Crippen LogP contribution is -2.39. The quantitative estimate of drug-likeness (QED) is 0.882. The number of rotatable bonds is 2. The largest absolute Gasteiger partial charge is 0.341 e. The molecule has 6 heteroatoms. The zero-order valence-corrected chi connectivity index (χ0v) is 12.5. The molecule has 108 valence electrons. The molecule has 3 N–H and O–H groups in total. The highest BCUT2D eigenvalue weighted by Crippen LogP contribution is 2.39. The first-order valence-corrected chi connectivity index (χ1v) is 8.66. The number of nitrogens with one attached hydrogen (secondary N) is 1. The number of hydrogen-bond donors (Lipinski definition) is 2. The maximum atomic E-state index is 11.8. The zero-order chi connectivity index (χ0) is 14.5. The van der Waals surface area contributed by atoms with E-state index in [1.165, 1.54) is 6.26 Å². The van der Waals surface area contributed by atoms with E-state index in [1.54, 1.807) is 12.1 Å². The summed E-state index contributed by atoms with van der Waals surface area (Å²) in [5.74, 6) is 0.800. The van der Waals surface area contributed by atoms with Crippen molar-refractivity contribution < 1.29 is 8.42 Å². The van der Waals surface area contributed by atoms with E-state index in [2.05, 4.69) is 16.9 Å². The summed E-state index contributed by atoms with van der Waals surface area (Å²) in [5, 5.41) is 0. The number of sulfone groups is 1. The maximum Gasteiger partial charge on any atom is 0.177 e. The van der Waals surface area contributed by atoms with Crippen molar-refractivity contribution in [1.82, 2.24) is 9.97 Å². The first kappa shape index (κ1) is 13.6. The molecule has 2 aromatic rings. The second-order valence-corrected chi connectivity index (χ2v) is 7.91. The number of hydrogen-bond acceptors (Lipinski definition) is 4. The average molecular weight is 293 g/mol. The van der Waals surface area contributed by atoms with E-state index in [0.29, 0.717) is 5.52 Å². The van der Waals surface area contributed by atoms with Crippen LogP contribution in [0.4, 0.5) is 0 Å². The molecule has 1 aliphatic carbocycles. The lowest BCUT2D eigenvalue weighted by atomic mass is 9.84. The summed E-state index contributed by atoms with van der Waals surface area (Å²) in [6.45, 7) is 2.10. The van der Waals surface area contributed by atoms with Gasteiger partial charge < -0.3 is 10.7 Å². The minimum atomic E-state index is -3.29. The summed E-state index contributed by atoms with van der Waals surface area (Å²) in [6.07, 6.45) is 4.24. The van der Waals surface area contributed by atoms with Gasteiger partial charge in [0.15, 0.2) is 9.84 Å². The van der Waals surface area contributed by atoms with Gasteiger partial charge in [-0.15, -0.1) is 0 Å². The van der Waals surface area contributed by atoms with E-state index >= 15 is 0 Å². The van der Waals surface area contributed by atoms with E-state index in [0.717, 1.165) is 30.6 Å². The summed E-state index contributed by atoms with van der Waals surface area (Å²) in [6, 6.07) is 5.24. The number of fused-ring (bicyclic) bond motifs is 1. The highest BCUT2D eigenvalue weighted by molar-refractivity contribution is 7.91. The molecule has 2 atom stereocenters. The molecule has 0 spiro atoms. The van der Waals surface area contributed by atoms with Gasteiger partial charge in [0.25, 0.3) is 0 Å². The molecular formula is C14H19N3O2S. The summed E-state index contributed by atoms with van der Waals surface area (Å²) < 4.78 is 23.7. The van der Waals surface area contributed by atoms with Crippen molar-refractivity contribution in [2.24, 2.45) is 5.73 Å². The second-order valence-electron chi connectivity index (χ2n) is 5.93. The van der Waals surface area contributed by atoms with Crippen LogP contribution in [0.2, 0.25) is 0 Å². The van der Waals surface area contributed by atoms with Crippen LogP contribution in [0.15, 0.2) is 23.1 Å². The second kappa shape index (κ2) is 4.30.